The summed E-state index contributed by atoms with van der Waals surface area (Å²) in [6.45, 7) is 2.70. The fraction of sp³-hybridized carbons (Fsp3) is 0.387. The van der Waals surface area contributed by atoms with Gasteiger partial charge in [0.25, 0.3) is 0 Å². The normalized spacial score (nSPS) is 16.6. The smallest absolute Gasteiger partial charge is 0.242 e. The molecule has 1 aliphatic rings. The Morgan fingerprint density at radius 3 is 2.05 bits per heavy atom. The molecule has 1 unspecified atom stereocenters. The molecule has 0 radical (unpaired) electrons. The molecule has 208 valence electrons. The van der Waals surface area contributed by atoms with Gasteiger partial charge in [-0.15, -0.1) is 0 Å². The van der Waals surface area contributed by atoms with Crippen LogP contribution in [-0.4, -0.2) is 75.8 Å². The van der Waals surface area contributed by atoms with Gasteiger partial charge < -0.3 is 9.80 Å². The number of likely N-dealkylation sites (N-methyl/N-ethyl adjacent to an activating group) is 2. The lowest BCUT2D eigenvalue weighted by atomic mass is 9.71. The van der Waals surface area contributed by atoms with Crippen LogP contribution in [0.1, 0.15) is 36.3 Å². The molecular formula is C31H38ClN3O3S. The lowest BCUT2D eigenvalue weighted by Gasteiger charge is -2.42. The number of carbonyl (C=O) groups is 1. The van der Waals surface area contributed by atoms with Crippen molar-refractivity contribution in [2.75, 3.05) is 47.3 Å². The first-order chi connectivity index (χ1) is 18.6. The highest BCUT2D eigenvalue weighted by atomic mass is 35.5. The van der Waals surface area contributed by atoms with Crippen molar-refractivity contribution in [2.45, 2.75) is 35.5 Å². The minimum absolute atomic E-state index is 0.0774. The van der Waals surface area contributed by atoms with Crippen molar-refractivity contribution in [3.8, 4) is 0 Å². The van der Waals surface area contributed by atoms with Crippen molar-refractivity contribution in [1.29, 1.82) is 0 Å². The lowest BCUT2D eigenvalue weighted by Crippen LogP contribution is -2.51. The molecule has 0 aromatic heterocycles. The van der Waals surface area contributed by atoms with Crippen LogP contribution in [0, 0.1) is 0 Å². The van der Waals surface area contributed by atoms with Crippen molar-refractivity contribution in [2.24, 2.45) is 0 Å². The van der Waals surface area contributed by atoms with E-state index in [4.69, 9.17) is 11.6 Å². The van der Waals surface area contributed by atoms with Crippen molar-refractivity contribution < 1.29 is 13.2 Å². The van der Waals surface area contributed by atoms with E-state index in [2.05, 4.69) is 17.0 Å². The zero-order valence-electron chi connectivity index (χ0n) is 23.0. The molecule has 3 aromatic carbocycles. The fourth-order valence-electron chi connectivity index (χ4n) is 5.64. The standard InChI is InChI=1S/C31H38ClN3O3S/c1-33(2)30(36)31(26-12-6-4-7-13-26)19-22-35(23-20-31)21-18-25(28-16-10-11-17-29(28)32)24-34(3)39(37,38)27-14-8-5-9-15-27/h4-17,25H,18-24H2,1-3H3. The van der Waals surface area contributed by atoms with Crippen molar-refractivity contribution in [3.63, 3.8) is 0 Å². The summed E-state index contributed by atoms with van der Waals surface area (Å²) >= 11 is 6.60. The molecule has 0 spiro atoms. The highest BCUT2D eigenvalue weighted by molar-refractivity contribution is 7.89. The summed E-state index contributed by atoms with van der Waals surface area (Å²) in [6, 6.07) is 26.3. The van der Waals surface area contributed by atoms with Crippen LogP contribution in [0.2, 0.25) is 5.02 Å². The van der Waals surface area contributed by atoms with Gasteiger partial charge in [-0.1, -0.05) is 78.3 Å². The topological polar surface area (TPSA) is 60.9 Å². The summed E-state index contributed by atoms with van der Waals surface area (Å²) in [5.41, 5.74) is 1.51. The average Bonchev–Trinajstić information content (AvgIpc) is 2.96. The number of halogens is 1. The Morgan fingerprint density at radius 2 is 1.46 bits per heavy atom. The molecular weight excluding hydrogens is 530 g/mol. The molecule has 4 rings (SSSR count). The maximum atomic E-state index is 13.4. The molecule has 3 aromatic rings. The summed E-state index contributed by atoms with van der Waals surface area (Å²) in [4.78, 5) is 17.8. The third-order valence-electron chi connectivity index (χ3n) is 7.92. The molecule has 0 N–H and O–H groups in total. The quantitative estimate of drug-likeness (QED) is 0.335. The van der Waals surface area contributed by atoms with Gasteiger partial charge in [-0.05, 0) is 68.2 Å². The van der Waals surface area contributed by atoms with E-state index in [9.17, 15) is 13.2 Å². The van der Waals surface area contributed by atoms with Crippen LogP contribution in [0.25, 0.3) is 0 Å². The van der Waals surface area contributed by atoms with Crippen LogP contribution in [0.15, 0.2) is 89.8 Å². The Hall–Kier alpha value is -2.71. The lowest BCUT2D eigenvalue weighted by molar-refractivity contribution is -0.136. The largest absolute Gasteiger partial charge is 0.348 e. The molecule has 1 heterocycles. The number of rotatable bonds is 10. The Labute approximate surface area is 238 Å². The summed E-state index contributed by atoms with van der Waals surface area (Å²) in [7, 11) is 1.66. The number of likely N-dealkylation sites (tertiary alicyclic amines) is 1. The zero-order chi connectivity index (χ0) is 28.0. The Balaban J connectivity index is 1.49. The summed E-state index contributed by atoms with van der Waals surface area (Å²) in [5, 5.41) is 0.645. The van der Waals surface area contributed by atoms with Crippen LogP contribution in [-0.2, 0) is 20.2 Å². The zero-order valence-corrected chi connectivity index (χ0v) is 24.5. The van der Waals surface area contributed by atoms with Gasteiger partial charge in [0.2, 0.25) is 15.9 Å². The molecule has 1 saturated heterocycles. The van der Waals surface area contributed by atoms with Crippen LogP contribution < -0.4 is 0 Å². The summed E-state index contributed by atoms with van der Waals surface area (Å²) in [5.74, 6) is 0.0708. The Bertz CT molecular complexity index is 1340. The molecule has 1 atom stereocenters. The highest BCUT2D eigenvalue weighted by Gasteiger charge is 2.43. The second-order valence-corrected chi connectivity index (χ2v) is 13.0. The minimum Gasteiger partial charge on any atom is -0.348 e. The summed E-state index contributed by atoms with van der Waals surface area (Å²) < 4.78 is 28.0. The Kier molecular flexibility index (Phi) is 9.49. The third-order valence-corrected chi connectivity index (χ3v) is 10.1. The monoisotopic (exact) mass is 567 g/mol. The van der Waals surface area contributed by atoms with Gasteiger partial charge in [0.1, 0.15) is 0 Å². The van der Waals surface area contributed by atoms with E-state index in [-0.39, 0.29) is 16.7 Å². The highest BCUT2D eigenvalue weighted by Crippen LogP contribution is 2.38. The second kappa shape index (κ2) is 12.6. The second-order valence-electron chi connectivity index (χ2n) is 10.6. The molecule has 39 heavy (non-hydrogen) atoms. The Morgan fingerprint density at radius 1 is 0.897 bits per heavy atom. The number of sulfonamides is 1. The maximum Gasteiger partial charge on any atom is 0.242 e. The van der Waals surface area contributed by atoms with Gasteiger partial charge >= 0.3 is 0 Å². The number of nitrogens with zero attached hydrogens (tertiary/aromatic N) is 3. The van der Waals surface area contributed by atoms with Crippen LogP contribution in [0.5, 0.6) is 0 Å². The van der Waals surface area contributed by atoms with Crippen LogP contribution in [0.3, 0.4) is 0 Å². The first-order valence-electron chi connectivity index (χ1n) is 13.4. The van der Waals surface area contributed by atoms with Crippen LogP contribution in [0.4, 0.5) is 0 Å². The van der Waals surface area contributed by atoms with Gasteiger partial charge in [0.15, 0.2) is 0 Å². The number of amides is 1. The van der Waals surface area contributed by atoms with Gasteiger partial charge in [0.05, 0.1) is 10.3 Å². The van der Waals surface area contributed by atoms with Crippen molar-refractivity contribution in [3.05, 3.63) is 101 Å². The third kappa shape index (κ3) is 6.55. The number of hydrogen-bond donors (Lipinski definition) is 0. The van der Waals surface area contributed by atoms with Crippen LogP contribution >= 0.6 is 11.6 Å². The van der Waals surface area contributed by atoms with Crippen molar-refractivity contribution >= 4 is 27.5 Å². The summed E-state index contributed by atoms with van der Waals surface area (Å²) in [6.07, 6.45) is 2.23. The number of benzene rings is 3. The SMILES string of the molecule is CN(C)C(=O)C1(c2ccccc2)CCN(CCC(CN(C)S(=O)(=O)c2ccccc2)c2ccccc2Cl)CC1. The molecule has 1 fully saturated rings. The number of piperidine rings is 1. The van der Waals surface area contributed by atoms with Gasteiger partial charge in [-0.2, -0.15) is 0 Å². The van der Waals surface area contributed by atoms with E-state index in [0.717, 1.165) is 50.0 Å². The molecule has 0 aliphatic carbocycles. The van der Waals surface area contributed by atoms with E-state index >= 15 is 0 Å². The molecule has 1 aliphatic heterocycles. The van der Waals surface area contributed by atoms with E-state index in [0.29, 0.717) is 11.6 Å². The molecule has 1 amide bonds. The first-order valence-corrected chi connectivity index (χ1v) is 15.2. The van der Waals surface area contributed by atoms with Gasteiger partial charge in [-0.3, -0.25) is 4.79 Å². The van der Waals surface area contributed by atoms with Gasteiger partial charge in [-0.25, -0.2) is 12.7 Å². The molecule has 0 bridgehead atoms. The first kappa shape index (κ1) is 29.3. The number of carbonyl (C=O) groups excluding carboxylic acids is 1. The number of hydrogen-bond acceptors (Lipinski definition) is 4. The van der Waals surface area contributed by atoms with Gasteiger partial charge in [0, 0.05) is 38.6 Å². The average molecular weight is 568 g/mol. The van der Waals surface area contributed by atoms with Crippen molar-refractivity contribution in [1.82, 2.24) is 14.1 Å². The molecule has 6 nitrogen and oxygen atoms in total. The minimum atomic E-state index is -3.63. The predicted molar refractivity (Wildman–Crippen MR) is 158 cm³/mol. The predicted octanol–water partition coefficient (Wildman–Crippen LogP) is 5.26. The van der Waals surface area contributed by atoms with E-state index in [1.807, 2.05) is 62.6 Å². The van der Waals surface area contributed by atoms with E-state index in [1.165, 1.54) is 4.31 Å². The maximum absolute atomic E-state index is 13.4. The van der Waals surface area contributed by atoms with E-state index < -0.39 is 15.4 Å². The fourth-order valence-corrected chi connectivity index (χ4v) is 7.17. The molecule has 0 saturated carbocycles. The van der Waals surface area contributed by atoms with E-state index in [1.54, 1.807) is 36.2 Å². The molecule has 8 heteroatoms.